The number of likely N-dealkylation sites (N-methyl/N-ethyl adjacent to an activating group) is 1. The van der Waals surface area contributed by atoms with Gasteiger partial charge in [-0.2, -0.15) is 0 Å². The molecule has 0 radical (unpaired) electrons. The minimum atomic E-state index is -0.212. The van der Waals surface area contributed by atoms with Crippen molar-refractivity contribution in [2.24, 2.45) is 0 Å². The molecule has 0 unspecified atom stereocenters. The van der Waals surface area contributed by atoms with Gasteiger partial charge in [-0.3, -0.25) is 4.79 Å². The van der Waals surface area contributed by atoms with Gasteiger partial charge in [0.1, 0.15) is 5.75 Å². The molecule has 1 aromatic carbocycles. The van der Waals surface area contributed by atoms with E-state index in [1.807, 2.05) is 0 Å². The lowest BCUT2D eigenvalue weighted by atomic mass is 10.1. The lowest BCUT2D eigenvalue weighted by Crippen LogP contribution is -2.34. The number of hydrogen-bond donors (Lipinski definition) is 3. The minimum Gasteiger partial charge on any atom is -0.496 e. The number of nitrogen functional groups attached to an aromatic ring is 1. The first-order chi connectivity index (χ1) is 10.9. The van der Waals surface area contributed by atoms with Crippen LogP contribution < -0.4 is 15.8 Å². The highest BCUT2D eigenvalue weighted by molar-refractivity contribution is 6.33. The predicted octanol–water partition coefficient (Wildman–Crippen LogP) is 1.60. The molecule has 0 heterocycles. The lowest BCUT2D eigenvalue weighted by Gasteiger charge is -2.18. The Labute approximate surface area is 161 Å². The second-order valence-electron chi connectivity index (χ2n) is 4.67. The summed E-state index contributed by atoms with van der Waals surface area (Å²) >= 11 is 5.95. The number of nitrogens with one attached hydrogen (secondary N) is 1. The SMILES string of the molecule is CCN(CC)CCNC(=O)c1cc(Cl)c(N)cc1OC.CCO.Cl.O. The van der Waals surface area contributed by atoms with Gasteiger partial charge < -0.3 is 31.3 Å². The van der Waals surface area contributed by atoms with E-state index in [0.29, 0.717) is 28.6 Å². The number of methoxy groups -OCH3 is 1. The van der Waals surface area contributed by atoms with E-state index in [9.17, 15) is 4.79 Å². The van der Waals surface area contributed by atoms with E-state index in [0.717, 1.165) is 19.6 Å². The van der Waals surface area contributed by atoms with E-state index in [1.165, 1.54) is 13.2 Å². The highest BCUT2D eigenvalue weighted by atomic mass is 35.5. The largest absolute Gasteiger partial charge is 0.496 e. The summed E-state index contributed by atoms with van der Waals surface area (Å²) in [6.45, 7) is 9.42. The van der Waals surface area contributed by atoms with Gasteiger partial charge in [0.05, 0.1) is 23.4 Å². The van der Waals surface area contributed by atoms with Gasteiger partial charge in [-0.05, 0) is 26.1 Å². The number of aliphatic hydroxyl groups is 1. The molecule has 0 aliphatic rings. The van der Waals surface area contributed by atoms with Crippen LogP contribution in [0.4, 0.5) is 5.69 Å². The van der Waals surface area contributed by atoms with E-state index in [4.69, 9.17) is 27.2 Å². The molecule has 0 bridgehead atoms. The van der Waals surface area contributed by atoms with Crippen LogP contribution in [0.3, 0.4) is 0 Å². The third-order valence-corrected chi connectivity index (χ3v) is 3.50. The molecule has 1 rings (SSSR count). The van der Waals surface area contributed by atoms with Crippen molar-refractivity contribution in [3.63, 3.8) is 0 Å². The van der Waals surface area contributed by atoms with Gasteiger partial charge in [-0.15, -0.1) is 12.4 Å². The molecule has 0 aliphatic heterocycles. The van der Waals surface area contributed by atoms with Crippen LogP contribution in [0.15, 0.2) is 12.1 Å². The Morgan fingerprint density at radius 3 is 2.28 bits per heavy atom. The summed E-state index contributed by atoms with van der Waals surface area (Å²) in [5, 5.41) is 10.8. The average molecular weight is 400 g/mol. The Balaban J connectivity index is -0.000000900. The van der Waals surface area contributed by atoms with Gasteiger partial charge in [-0.1, -0.05) is 25.4 Å². The van der Waals surface area contributed by atoms with Crippen LogP contribution in [0.5, 0.6) is 5.75 Å². The molecule has 0 fully saturated rings. The number of benzene rings is 1. The van der Waals surface area contributed by atoms with Crippen molar-refractivity contribution in [2.75, 3.05) is 45.6 Å². The summed E-state index contributed by atoms with van der Waals surface area (Å²) in [5.74, 6) is 0.211. The fourth-order valence-corrected chi connectivity index (χ4v) is 2.04. The quantitative estimate of drug-likeness (QED) is 0.601. The van der Waals surface area contributed by atoms with Crippen molar-refractivity contribution in [2.45, 2.75) is 20.8 Å². The molecule has 9 heteroatoms. The van der Waals surface area contributed by atoms with Crippen LogP contribution in [0.1, 0.15) is 31.1 Å². The van der Waals surface area contributed by atoms with Crippen molar-refractivity contribution in [3.05, 3.63) is 22.7 Å². The van der Waals surface area contributed by atoms with E-state index in [1.54, 1.807) is 13.0 Å². The summed E-state index contributed by atoms with van der Waals surface area (Å²) in [6.07, 6.45) is 0. The van der Waals surface area contributed by atoms with Gasteiger partial charge in [0.15, 0.2) is 0 Å². The van der Waals surface area contributed by atoms with Gasteiger partial charge in [0.25, 0.3) is 5.91 Å². The van der Waals surface area contributed by atoms with Gasteiger partial charge in [0, 0.05) is 25.8 Å². The molecule has 7 nitrogen and oxygen atoms in total. The van der Waals surface area contributed by atoms with Gasteiger partial charge in [0.2, 0.25) is 0 Å². The number of anilines is 1. The molecule has 0 saturated carbocycles. The molecule has 0 spiro atoms. The summed E-state index contributed by atoms with van der Waals surface area (Å²) < 4.78 is 5.16. The summed E-state index contributed by atoms with van der Waals surface area (Å²) in [5.41, 5.74) is 6.48. The summed E-state index contributed by atoms with van der Waals surface area (Å²) in [4.78, 5) is 14.4. The number of nitrogens with zero attached hydrogens (tertiary/aromatic N) is 1. The molecule has 0 aromatic heterocycles. The Morgan fingerprint density at radius 2 is 1.84 bits per heavy atom. The number of amides is 1. The second kappa shape index (κ2) is 16.2. The van der Waals surface area contributed by atoms with Crippen LogP contribution >= 0.6 is 24.0 Å². The maximum Gasteiger partial charge on any atom is 0.255 e. The highest BCUT2D eigenvalue weighted by Gasteiger charge is 2.14. The van der Waals surface area contributed by atoms with E-state index >= 15 is 0 Å². The number of aliphatic hydroxyl groups excluding tert-OH is 1. The average Bonchev–Trinajstić information content (AvgIpc) is 2.54. The molecule has 25 heavy (non-hydrogen) atoms. The zero-order valence-corrected chi connectivity index (χ0v) is 16.8. The van der Waals surface area contributed by atoms with Gasteiger partial charge >= 0.3 is 0 Å². The summed E-state index contributed by atoms with van der Waals surface area (Å²) in [7, 11) is 1.50. The second-order valence-corrected chi connectivity index (χ2v) is 5.08. The Bertz CT molecular complexity index is 487. The van der Waals surface area contributed by atoms with Crippen LogP contribution in [0.25, 0.3) is 0 Å². The fourth-order valence-electron chi connectivity index (χ4n) is 1.88. The van der Waals surface area contributed by atoms with E-state index in [-0.39, 0.29) is 30.4 Å². The van der Waals surface area contributed by atoms with Crippen molar-refractivity contribution < 1.29 is 20.1 Å². The van der Waals surface area contributed by atoms with Crippen LogP contribution in [-0.2, 0) is 0 Å². The Morgan fingerprint density at radius 1 is 1.32 bits per heavy atom. The molecule has 1 amide bonds. The number of carbonyl (C=O) groups excluding carboxylic acids is 1. The maximum absolute atomic E-state index is 12.1. The highest BCUT2D eigenvalue weighted by Crippen LogP contribution is 2.28. The molecular weight excluding hydrogens is 369 g/mol. The molecule has 0 aliphatic carbocycles. The van der Waals surface area contributed by atoms with Gasteiger partial charge in [-0.25, -0.2) is 0 Å². The number of nitrogens with two attached hydrogens (primary N) is 1. The number of rotatable bonds is 7. The van der Waals surface area contributed by atoms with Crippen molar-refractivity contribution in [1.29, 1.82) is 0 Å². The Hall–Kier alpha value is -1.25. The normalized spacial score (nSPS) is 9.24. The number of ether oxygens (including phenoxy) is 1. The van der Waals surface area contributed by atoms with Crippen molar-refractivity contribution in [1.82, 2.24) is 10.2 Å². The monoisotopic (exact) mass is 399 g/mol. The zero-order valence-electron chi connectivity index (χ0n) is 15.3. The molecular formula is C16H31Cl2N3O4. The van der Waals surface area contributed by atoms with Crippen molar-refractivity contribution in [3.8, 4) is 5.75 Å². The topological polar surface area (TPSA) is 119 Å². The molecule has 6 N–H and O–H groups in total. The first kappa shape index (κ1) is 28.5. The smallest absolute Gasteiger partial charge is 0.255 e. The van der Waals surface area contributed by atoms with E-state index in [2.05, 4.69) is 24.1 Å². The Kier molecular flexibility index (Phi) is 18.5. The summed E-state index contributed by atoms with van der Waals surface area (Å²) in [6, 6.07) is 3.09. The molecule has 0 saturated heterocycles. The van der Waals surface area contributed by atoms with Crippen molar-refractivity contribution >= 4 is 35.6 Å². The fraction of sp³-hybridized carbons (Fsp3) is 0.562. The standard InChI is InChI=1S/C14H22ClN3O2.C2H6O.ClH.H2O/c1-4-18(5-2)7-6-17-14(19)10-8-11(15)12(16)9-13(10)20-3;1-2-3;;/h8-9H,4-7,16H2,1-3H3,(H,17,19);3H,2H2,1H3;1H;1H2. The van der Waals surface area contributed by atoms with Crippen LogP contribution in [-0.4, -0.2) is 61.3 Å². The van der Waals surface area contributed by atoms with Crippen LogP contribution in [0.2, 0.25) is 5.02 Å². The predicted molar refractivity (Wildman–Crippen MR) is 106 cm³/mol. The third kappa shape index (κ3) is 10.4. The number of halogens is 2. The minimum absolute atomic E-state index is 0. The lowest BCUT2D eigenvalue weighted by molar-refractivity contribution is 0.0946. The maximum atomic E-state index is 12.1. The zero-order chi connectivity index (χ0) is 17.8. The first-order valence-electron chi connectivity index (χ1n) is 7.69. The number of carbonyl (C=O) groups is 1. The third-order valence-electron chi connectivity index (χ3n) is 3.17. The molecule has 148 valence electrons. The first-order valence-corrected chi connectivity index (χ1v) is 8.07. The number of hydrogen-bond acceptors (Lipinski definition) is 5. The van der Waals surface area contributed by atoms with E-state index < -0.39 is 0 Å². The molecule has 0 atom stereocenters. The van der Waals surface area contributed by atoms with Crippen LogP contribution in [0, 0.1) is 0 Å². The molecule has 1 aromatic rings.